The first-order valence-corrected chi connectivity index (χ1v) is 5.88. The van der Waals surface area contributed by atoms with E-state index in [-0.39, 0.29) is 11.4 Å². The first-order chi connectivity index (χ1) is 7.97. The molecule has 1 heterocycles. The molecule has 0 saturated carbocycles. The minimum absolute atomic E-state index is 0.0592. The lowest BCUT2D eigenvalue weighted by molar-refractivity contribution is -0.121. The van der Waals surface area contributed by atoms with Crippen LogP contribution in [0.4, 0.5) is 0 Å². The topological polar surface area (TPSA) is 54.0 Å². The number of nitrogens with one attached hydrogen (secondary N) is 2. The molecule has 0 unspecified atom stereocenters. The van der Waals surface area contributed by atoms with E-state index in [1.54, 1.807) is 12.4 Å². The molecule has 1 rings (SSSR count). The second-order valence-corrected chi connectivity index (χ2v) is 5.06. The third kappa shape index (κ3) is 6.68. The first-order valence-electron chi connectivity index (χ1n) is 5.88. The van der Waals surface area contributed by atoms with Crippen molar-refractivity contribution in [2.24, 2.45) is 0 Å². The van der Waals surface area contributed by atoms with Crippen LogP contribution in [-0.2, 0) is 11.3 Å². The van der Waals surface area contributed by atoms with Gasteiger partial charge in [0.15, 0.2) is 0 Å². The minimum Gasteiger partial charge on any atom is -0.352 e. The Balaban J connectivity index is 2.18. The van der Waals surface area contributed by atoms with Gasteiger partial charge in [0, 0.05) is 37.4 Å². The number of aromatic nitrogens is 1. The van der Waals surface area contributed by atoms with Crippen LogP contribution >= 0.6 is 0 Å². The van der Waals surface area contributed by atoms with E-state index in [1.807, 2.05) is 12.1 Å². The molecule has 0 fully saturated rings. The Hall–Kier alpha value is -1.42. The summed E-state index contributed by atoms with van der Waals surface area (Å²) in [5.74, 6) is 0.0607. The zero-order valence-corrected chi connectivity index (χ0v) is 10.8. The second-order valence-electron chi connectivity index (χ2n) is 5.06. The van der Waals surface area contributed by atoms with Crippen LogP contribution in [0, 0.1) is 0 Å². The SMILES string of the molecule is CC(C)(C)NCCC(=O)NCc1cccnc1. The van der Waals surface area contributed by atoms with E-state index in [4.69, 9.17) is 0 Å². The van der Waals surface area contributed by atoms with Crippen molar-refractivity contribution in [2.45, 2.75) is 39.3 Å². The maximum atomic E-state index is 11.5. The van der Waals surface area contributed by atoms with Crippen LogP contribution in [0.25, 0.3) is 0 Å². The van der Waals surface area contributed by atoms with Gasteiger partial charge in [-0.25, -0.2) is 0 Å². The molecule has 0 saturated heterocycles. The first kappa shape index (κ1) is 13.6. The third-order valence-corrected chi connectivity index (χ3v) is 2.22. The fraction of sp³-hybridized carbons (Fsp3) is 0.538. The summed E-state index contributed by atoms with van der Waals surface area (Å²) in [6.45, 7) is 7.49. The molecule has 4 heteroatoms. The predicted octanol–water partition coefficient (Wildman–Crippen LogP) is 1.48. The van der Waals surface area contributed by atoms with Gasteiger partial charge in [-0.05, 0) is 32.4 Å². The molecule has 17 heavy (non-hydrogen) atoms. The number of carbonyl (C=O) groups excluding carboxylic acids is 1. The van der Waals surface area contributed by atoms with Gasteiger partial charge in [0.1, 0.15) is 0 Å². The Bertz CT molecular complexity index is 343. The largest absolute Gasteiger partial charge is 0.352 e. The van der Waals surface area contributed by atoms with Gasteiger partial charge in [-0.15, -0.1) is 0 Å². The molecule has 0 bridgehead atoms. The molecule has 1 aromatic heterocycles. The summed E-state index contributed by atoms with van der Waals surface area (Å²) in [5.41, 5.74) is 1.08. The van der Waals surface area contributed by atoms with Gasteiger partial charge in [0.25, 0.3) is 0 Å². The van der Waals surface area contributed by atoms with Crippen molar-refractivity contribution in [1.29, 1.82) is 0 Å². The van der Waals surface area contributed by atoms with E-state index >= 15 is 0 Å². The molecule has 0 aliphatic carbocycles. The maximum Gasteiger partial charge on any atom is 0.221 e. The summed E-state index contributed by atoms with van der Waals surface area (Å²) >= 11 is 0. The van der Waals surface area contributed by atoms with Gasteiger partial charge in [0.2, 0.25) is 5.91 Å². The smallest absolute Gasteiger partial charge is 0.221 e. The summed E-state index contributed by atoms with van der Waals surface area (Å²) < 4.78 is 0. The zero-order chi connectivity index (χ0) is 12.7. The van der Waals surface area contributed by atoms with Crippen LogP contribution in [-0.4, -0.2) is 23.0 Å². The van der Waals surface area contributed by atoms with E-state index in [0.717, 1.165) is 5.56 Å². The second kappa shape index (κ2) is 6.35. The Morgan fingerprint density at radius 3 is 2.76 bits per heavy atom. The predicted molar refractivity (Wildman–Crippen MR) is 68.5 cm³/mol. The van der Waals surface area contributed by atoms with Gasteiger partial charge in [-0.3, -0.25) is 9.78 Å². The molecule has 4 nitrogen and oxygen atoms in total. The molecule has 0 aliphatic rings. The Kier molecular flexibility index (Phi) is 5.10. The van der Waals surface area contributed by atoms with E-state index < -0.39 is 0 Å². The van der Waals surface area contributed by atoms with Gasteiger partial charge in [0.05, 0.1) is 0 Å². The van der Waals surface area contributed by atoms with Crippen LogP contribution in [0.3, 0.4) is 0 Å². The van der Waals surface area contributed by atoms with Crippen LogP contribution in [0.5, 0.6) is 0 Å². The van der Waals surface area contributed by atoms with Gasteiger partial charge in [-0.2, -0.15) is 0 Å². The van der Waals surface area contributed by atoms with Crippen LogP contribution in [0.15, 0.2) is 24.5 Å². The lowest BCUT2D eigenvalue weighted by atomic mass is 10.1. The maximum absolute atomic E-state index is 11.5. The van der Waals surface area contributed by atoms with Crippen molar-refractivity contribution in [3.05, 3.63) is 30.1 Å². The quantitative estimate of drug-likeness (QED) is 0.812. The summed E-state index contributed by atoms with van der Waals surface area (Å²) in [6, 6.07) is 3.81. The monoisotopic (exact) mass is 235 g/mol. The van der Waals surface area contributed by atoms with Crippen molar-refractivity contribution in [1.82, 2.24) is 15.6 Å². The van der Waals surface area contributed by atoms with E-state index in [9.17, 15) is 4.79 Å². The average molecular weight is 235 g/mol. The molecule has 0 atom stereocenters. The van der Waals surface area contributed by atoms with Crippen molar-refractivity contribution < 1.29 is 4.79 Å². The van der Waals surface area contributed by atoms with Gasteiger partial charge < -0.3 is 10.6 Å². The summed E-state index contributed by atoms with van der Waals surface area (Å²) in [6.07, 6.45) is 3.98. The van der Waals surface area contributed by atoms with E-state index in [0.29, 0.717) is 19.5 Å². The molecule has 2 N–H and O–H groups in total. The molecule has 1 amide bonds. The van der Waals surface area contributed by atoms with Crippen molar-refractivity contribution in [3.8, 4) is 0 Å². The molecule has 0 radical (unpaired) electrons. The Labute approximate surface area is 103 Å². The van der Waals surface area contributed by atoms with Crippen molar-refractivity contribution >= 4 is 5.91 Å². The van der Waals surface area contributed by atoms with Crippen LogP contribution in [0.1, 0.15) is 32.8 Å². The number of nitrogens with zero attached hydrogens (tertiary/aromatic N) is 1. The number of carbonyl (C=O) groups is 1. The lowest BCUT2D eigenvalue weighted by Gasteiger charge is -2.20. The molecule has 0 spiro atoms. The fourth-order valence-corrected chi connectivity index (χ4v) is 1.34. The number of hydrogen-bond acceptors (Lipinski definition) is 3. The highest BCUT2D eigenvalue weighted by Gasteiger charge is 2.09. The third-order valence-electron chi connectivity index (χ3n) is 2.22. The molecule has 94 valence electrons. The molecule has 0 aliphatic heterocycles. The minimum atomic E-state index is 0.0592. The van der Waals surface area contributed by atoms with Crippen molar-refractivity contribution in [2.75, 3.05) is 6.54 Å². The summed E-state index contributed by atoms with van der Waals surface area (Å²) in [4.78, 5) is 15.5. The number of rotatable bonds is 5. The fourth-order valence-electron chi connectivity index (χ4n) is 1.34. The van der Waals surface area contributed by atoms with Crippen molar-refractivity contribution in [3.63, 3.8) is 0 Å². The van der Waals surface area contributed by atoms with Crippen LogP contribution < -0.4 is 10.6 Å². The summed E-state index contributed by atoms with van der Waals surface area (Å²) in [5, 5.41) is 6.14. The standard InChI is InChI=1S/C13H21N3O/c1-13(2,3)16-8-6-12(17)15-10-11-5-4-7-14-9-11/h4-5,7,9,16H,6,8,10H2,1-3H3,(H,15,17). The molecule has 0 aromatic carbocycles. The Morgan fingerprint density at radius 2 is 2.18 bits per heavy atom. The number of pyridine rings is 1. The number of hydrogen-bond donors (Lipinski definition) is 2. The Morgan fingerprint density at radius 1 is 1.41 bits per heavy atom. The highest BCUT2D eigenvalue weighted by Crippen LogP contribution is 1.98. The van der Waals surface area contributed by atoms with Gasteiger partial charge in [-0.1, -0.05) is 6.07 Å². The molecular weight excluding hydrogens is 214 g/mol. The molecular formula is C13H21N3O. The van der Waals surface area contributed by atoms with E-state index in [2.05, 4.69) is 36.4 Å². The van der Waals surface area contributed by atoms with Gasteiger partial charge >= 0.3 is 0 Å². The highest BCUT2D eigenvalue weighted by molar-refractivity contribution is 5.76. The lowest BCUT2D eigenvalue weighted by Crippen LogP contribution is -2.38. The normalized spacial score (nSPS) is 11.2. The zero-order valence-electron chi connectivity index (χ0n) is 10.8. The van der Waals surface area contributed by atoms with E-state index in [1.165, 1.54) is 0 Å². The average Bonchev–Trinajstić information content (AvgIpc) is 2.26. The van der Waals surface area contributed by atoms with Crippen LogP contribution in [0.2, 0.25) is 0 Å². The highest BCUT2D eigenvalue weighted by atomic mass is 16.1. The molecule has 1 aromatic rings. The summed E-state index contributed by atoms with van der Waals surface area (Å²) in [7, 11) is 0. The number of amides is 1.